The highest BCUT2D eigenvalue weighted by Gasteiger charge is 2.08. The zero-order chi connectivity index (χ0) is 14.3. The molecular weight excluding hydrogens is 242 g/mol. The maximum Gasteiger partial charge on any atom is 0.224 e. The number of carbonyl (C=O) groups is 1. The molecule has 0 aliphatic carbocycles. The standard InChI is InChI=1S/C15H23NO3/c1-11(6-7-17)10-16-15(18)9-13-5-4-12(2)14(8-13)19-3/h4-5,8,11,17H,6-7,9-10H2,1-3H3,(H,16,18). The number of benzene rings is 1. The summed E-state index contributed by atoms with van der Waals surface area (Å²) in [7, 11) is 1.63. The van der Waals surface area contributed by atoms with E-state index in [1.807, 2.05) is 32.0 Å². The average Bonchev–Trinajstić information content (AvgIpc) is 2.39. The molecule has 19 heavy (non-hydrogen) atoms. The fourth-order valence-corrected chi connectivity index (χ4v) is 1.83. The predicted octanol–water partition coefficient (Wildman–Crippen LogP) is 1.68. The number of aryl methyl sites for hydroxylation is 1. The van der Waals surface area contributed by atoms with Crippen molar-refractivity contribution in [1.29, 1.82) is 0 Å². The molecule has 0 aromatic heterocycles. The number of carbonyl (C=O) groups excluding carboxylic acids is 1. The zero-order valence-corrected chi connectivity index (χ0v) is 11.9. The minimum absolute atomic E-state index is 0.00399. The van der Waals surface area contributed by atoms with Crippen LogP contribution in [0.15, 0.2) is 18.2 Å². The monoisotopic (exact) mass is 265 g/mol. The Hall–Kier alpha value is -1.55. The van der Waals surface area contributed by atoms with E-state index < -0.39 is 0 Å². The van der Waals surface area contributed by atoms with Gasteiger partial charge in [-0.1, -0.05) is 19.1 Å². The number of aliphatic hydroxyl groups excluding tert-OH is 1. The second kappa shape index (κ2) is 7.79. The number of ether oxygens (including phenoxy) is 1. The van der Waals surface area contributed by atoms with E-state index in [4.69, 9.17) is 9.84 Å². The Morgan fingerprint density at radius 2 is 2.21 bits per heavy atom. The van der Waals surface area contributed by atoms with E-state index in [9.17, 15) is 4.79 Å². The summed E-state index contributed by atoms with van der Waals surface area (Å²) in [5.74, 6) is 1.09. The van der Waals surface area contributed by atoms with Crippen molar-refractivity contribution < 1.29 is 14.6 Å². The Bertz CT molecular complexity index is 418. The Morgan fingerprint density at radius 3 is 2.84 bits per heavy atom. The molecule has 1 atom stereocenters. The first kappa shape index (κ1) is 15.5. The van der Waals surface area contributed by atoms with Crippen molar-refractivity contribution in [1.82, 2.24) is 5.32 Å². The van der Waals surface area contributed by atoms with Gasteiger partial charge in [0, 0.05) is 13.2 Å². The lowest BCUT2D eigenvalue weighted by Crippen LogP contribution is -2.29. The van der Waals surface area contributed by atoms with E-state index >= 15 is 0 Å². The van der Waals surface area contributed by atoms with Crippen LogP contribution < -0.4 is 10.1 Å². The van der Waals surface area contributed by atoms with Gasteiger partial charge in [-0.3, -0.25) is 4.79 Å². The van der Waals surface area contributed by atoms with Crippen LogP contribution in [0.5, 0.6) is 5.75 Å². The summed E-state index contributed by atoms with van der Waals surface area (Å²) < 4.78 is 5.24. The molecule has 0 heterocycles. The molecule has 1 aromatic rings. The van der Waals surface area contributed by atoms with Gasteiger partial charge in [-0.25, -0.2) is 0 Å². The summed E-state index contributed by atoms with van der Waals surface area (Å²) in [5.41, 5.74) is 2.00. The van der Waals surface area contributed by atoms with E-state index in [1.54, 1.807) is 7.11 Å². The molecule has 1 aromatic carbocycles. The fourth-order valence-electron chi connectivity index (χ4n) is 1.83. The minimum Gasteiger partial charge on any atom is -0.496 e. The van der Waals surface area contributed by atoms with E-state index in [2.05, 4.69) is 5.32 Å². The lowest BCUT2D eigenvalue weighted by atomic mass is 10.1. The molecule has 106 valence electrons. The van der Waals surface area contributed by atoms with E-state index in [0.29, 0.717) is 25.3 Å². The van der Waals surface area contributed by atoms with Crippen molar-refractivity contribution in [3.63, 3.8) is 0 Å². The van der Waals surface area contributed by atoms with Crippen LogP contribution in [-0.2, 0) is 11.2 Å². The van der Waals surface area contributed by atoms with Gasteiger partial charge >= 0.3 is 0 Å². The summed E-state index contributed by atoms with van der Waals surface area (Å²) in [6.45, 7) is 4.74. The van der Waals surface area contributed by atoms with Gasteiger partial charge in [-0.2, -0.15) is 0 Å². The first-order chi connectivity index (χ1) is 9.06. The normalized spacial score (nSPS) is 12.0. The number of aliphatic hydroxyl groups is 1. The van der Waals surface area contributed by atoms with Gasteiger partial charge in [0.2, 0.25) is 5.91 Å². The number of hydrogen-bond donors (Lipinski definition) is 2. The number of nitrogens with one attached hydrogen (secondary N) is 1. The molecule has 1 rings (SSSR count). The van der Waals surface area contributed by atoms with Crippen LogP contribution in [0.25, 0.3) is 0 Å². The van der Waals surface area contributed by atoms with E-state index in [1.165, 1.54) is 0 Å². The molecule has 0 aliphatic heterocycles. The van der Waals surface area contributed by atoms with Gasteiger partial charge < -0.3 is 15.2 Å². The number of amides is 1. The van der Waals surface area contributed by atoms with Crippen molar-refractivity contribution in [2.75, 3.05) is 20.3 Å². The van der Waals surface area contributed by atoms with Gasteiger partial charge in [0.25, 0.3) is 0 Å². The maximum atomic E-state index is 11.8. The molecule has 4 heteroatoms. The third kappa shape index (κ3) is 5.30. The Kier molecular flexibility index (Phi) is 6.36. The quantitative estimate of drug-likeness (QED) is 0.788. The summed E-state index contributed by atoms with van der Waals surface area (Å²) in [6, 6.07) is 5.79. The van der Waals surface area contributed by atoms with Crippen molar-refractivity contribution >= 4 is 5.91 Å². The van der Waals surface area contributed by atoms with Crippen LogP contribution in [-0.4, -0.2) is 31.3 Å². The molecule has 0 aliphatic rings. The molecule has 4 nitrogen and oxygen atoms in total. The molecule has 1 unspecified atom stereocenters. The molecule has 2 N–H and O–H groups in total. The smallest absolute Gasteiger partial charge is 0.224 e. The minimum atomic E-state index is -0.00399. The third-order valence-corrected chi connectivity index (χ3v) is 3.11. The molecule has 0 saturated carbocycles. The third-order valence-electron chi connectivity index (χ3n) is 3.11. The Labute approximate surface area is 114 Å². The topological polar surface area (TPSA) is 58.6 Å². The fraction of sp³-hybridized carbons (Fsp3) is 0.533. The van der Waals surface area contributed by atoms with Gasteiger partial charge in [0.1, 0.15) is 5.75 Å². The SMILES string of the molecule is COc1cc(CC(=O)NCC(C)CCO)ccc1C. The van der Waals surface area contributed by atoms with Gasteiger partial charge in [0.15, 0.2) is 0 Å². The van der Waals surface area contributed by atoms with Crippen molar-refractivity contribution in [2.45, 2.75) is 26.7 Å². The molecular formula is C15H23NO3. The molecule has 0 bridgehead atoms. The first-order valence-corrected chi connectivity index (χ1v) is 6.58. The summed E-state index contributed by atoms with van der Waals surface area (Å²) >= 11 is 0. The largest absolute Gasteiger partial charge is 0.496 e. The highest BCUT2D eigenvalue weighted by atomic mass is 16.5. The lowest BCUT2D eigenvalue weighted by Gasteiger charge is -2.12. The van der Waals surface area contributed by atoms with Gasteiger partial charge in [-0.05, 0) is 36.5 Å². The van der Waals surface area contributed by atoms with Crippen LogP contribution in [0.4, 0.5) is 0 Å². The number of hydrogen-bond acceptors (Lipinski definition) is 3. The first-order valence-electron chi connectivity index (χ1n) is 6.58. The summed E-state index contributed by atoms with van der Waals surface area (Å²) in [5, 5.41) is 11.7. The summed E-state index contributed by atoms with van der Waals surface area (Å²) in [6.07, 6.45) is 1.06. The zero-order valence-electron chi connectivity index (χ0n) is 11.9. The van der Waals surface area contributed by atoms with Crippen molar-refractivity contribution in [3.05, 3.63) is 29.3 Å². The lowest BCUT2D eigenvalue weighted by molar-refractivity contribution is -0.120. The Balaban J connectivity index is 2.48. The molecule has 0 saturated heterocycles. The van der Waals surface area contributed by atoms with Crippen LogP contribution in [0, 0.1) is 12.8 Å². The van der Waals surface area contributed by atoms with E-state index in [0.717, 1.165) is 16.9 Å². The van der Waals surface area contributed by atoms with Crippen molar-refractivity contribution in [3.8, 4) is 5.75 Å². The number of methoxy groups -OCH3 is 1. The predicted molar refractivity (Wildman–Crippen MR) is 75.3 cm³/mol. The second-order valence-electron chi connectivity index (χ2n) is 4.90. The molecule has 0 spiro atoms. The maximum absolute atomic E-state index is 11.8. The molecule has 0 radical (unpaired) electrons. The summed E-state index contributed by atoms with van der Waals surface area (Å²) in [4.78, 5) is 11.8. The van der Waals surface area contributed by atoms with E-state index in [-0.39, 0.29) is 12.5 Å². The highest BCUT2D eigenvalue weighted by Crippen LogP contribution is 2.19. The molecule has 1 amide bonds. The van der Waals surface area contributed by atoms with Crippen LogP contribution in [0.1, 0.15) is 24.5 Å². The number of rotatable bonds is 7. The second-order valence-corrected chi connectivity index (χ2v) is 4.90. The average molecular weight is 265 g/mol. The van der Waals surface area contributed by atoms with Crippen LogP contribution in [0.2, 0.25) is 0 Å². The van der Waals surface area contributed by atoms with Gasteiger partial charge in [0.05, 0.1) is 13.5 Å². The van der Waals surface area contributed by atoms with Crippen LogP contribution in [0.3, 0.4) is 0 Å². The van der Waals surface area contributed by atoms with Crippen LogP contribution >= 0.6 is 0 Å². The Morgan fingerprint density at radius 1 is 1.47 bits per heavy atom. The molecule has 0 fully saturated rings. The van der Waals surface area contributed by atoms with Gasteiger partial charge in [-0.15, -0.1) is 0 Å². The highest BCUT2D eigenvalue weighted by molar-refractivity contribution is 5.78. The van der Waals surface area contributed by atoms with Crippen molar-refractivity contribution in [2.24, 2.45) is 5.92 Å².